The summed E-state index contributed by atoms with van der Waals surface area (Å²) in [7, 11) is 1.67. The van der Waals surface area contributed by atoms with Crippen molar-refractivity contribution in [2.75, 3.05) is 13.7 Å². The van der Waals surface area contributed by atoms with E-state index in [1.54, 1.807) is 24.3 Å². The van der Waals surface area contributed by atoms with Crippen LogP contribution < -0.4 is 9.47 Å². The minimum Gasteiger partial charge on any atom is -0.497 e. The molecule has 26 heavy (non-hydrogen) atoms. The lowest BCUT2D eigenvalue weighted by atomic mass is 10.0. The molecule has 6 nitrogen and oxygen atoms in total. The third-order valence-electron chi connectivity index (χ3n) is 4.11. The smallest absolute Gasteiger partial charge is 0.122 e. The van der Waals surface area contributed by atoms with E-state index in [2.05, 4.69) is 22.3 Å². The molecule has 1 heterocycles. The number of para-hydroxylation sites is 1. The van der Waals surface area contributed by atoms with Crippen LogP contribution in [0.5, 0.6) is 11.5 Å². The van der Waals surface area contributed by atoms with Gasteiger partial charge in [-0.2, -0.15) is 0 Å². The summed E-state index contributed by atoms with van der Waals surface area (Å²) in [5, 5.41) is 17.6. The first-order valence-electron chi connectivity index (χ1n) is 8.58. The number of benzene rings is 2. The lowest BCUT2D eigenvalue weighted by Gasteiger charge is -2.15. The highest BCUT2D eigenvalue weighted by atomic mass is 16.5. The number of methoxy groups -OCH3 is 1. The standard InChI is InChI=1S/C20H23N3O3/c1-25-19-7-4-5-16(11-19)9-10-17-6-2-3-8-20(17)26-13-18(24)12-23-14-21-22-15-23/h2-8,11,14-15,18,24H,9-10,12-13H2,1H3/t18-/m0/s1. The summed E-state index contributed by atoms with van der Waals surface area (Å²) in [5.74, 6) is 1.67. The second-order valence-corrected chi connectivity index (χ2v) is 6.08. The molecule has 6 heteroatoms. The van der Waals surface area contributed by atoms with Gasteiger partial charge in [-0.3, -0.25) is 0 Å². The minimum atomic E-state index is -0.627. The van der Waals surface area contributed by atoms with E-state index in [1.165, 1.54) is 5.56 Å². The van der Waals surface area contributed by atoms with Crippen LogP contribution in [-0.2, 0) is 19.4 Å². The average molecular weight is 353 g/mol. The molecule has 0 spiro atoms. The molecule has 0 aliphatic heterocycles. The minimum absolute atomic E-state index is 0.217. The molecule has 0 unspecified atom stereocenters. The Morgan fingerprint density at radius 1 is 1.04 bits per heavy atom. The van der Waals surface area contributed by atoms with Gasteiger partial charge in [-0.15, -0.1) is 10.2 Å². The van der Waals surface area contributed by atoms with Crippen LogP contribution >= 0.6 is 0 Å². The second kappa shape index (κ2) is 9.01. The molecule has 136 valence electrons. The van der Waals surface area contributed by atoms with E-state index in [4.69, 9.17) is 9.47 Å². The van der Waals surface area contributed by atoms with Crippen LogP contribution in [0, 0.1) is 0 Å². The van der Waals surface area contributed by atoms with Crippen LogP contribution in [0.25, 0.3) is 0 Å². The molecule has 3 aromatic rings. The number of aliphatic hydroxyl groups excluding tert-OH is 1. The molecule has 0 saturated carbocycles. The van der Waals surface area contributed by atoms with Gasteiger partial charge >= 0.3 is 0 Å². The van der Waals surface area contributed by atoms with Gasteiger partial charge in [0.05, 0.1) is 13.7 Å². The number of ether oxygens (including phenoxy) is 2. The third kappa shape index (κ3) is 5.07. The first-order chi connectivity index (χ1) is 12.7. The van der Waals surface area contributed by atoms with Crippen LogP contribution in [0.1, 0.15) is 11.1 Å². The molecule has 1 N–H and O–H groups in total. The highest BCUT2D eigenvalue weighted by Crippen LogP contribution is 2.21. The summed E-state index contributed by atoms with van der Waals surface area (Å²) < 4.78 is 12.9. The van der Waals surface area contributed by atoms with Gasteiger partial charge in [0.2, 0.25) is 0 Å². The molecule has 1 atom stereocenters. The van der Waals surface area contributed by atoms with Crippen molar-refractivity contribution in [3.8, 4) is 11.5 Å². The van der Waals surface area contributed by atoms with Crippen LogP contribution in [-0.4, -0.2) is 39.7 Å². The maximum absolute atomic E-state index is 10.1. The monoisotopic (exact) mass is 353 g/mol. The van der Waals surface area contributed by atoms with E-state index in [1.807, 2.05) is 36.4 Å². The molecule has 0 fully saturated rings. The molecule has 2 aromatic carbocycles. The quantitative estimate of drug-likeness (QED) is 0.640. The number of nitrogens with zero attached hydrogens (tertiary/aromatic N) is 3. The zero-order valence-corrected chi connectivity index (χ0v) is 14.8. The van der Waals surface area contributed by atoms with Crippen molar-refractivity contribution in [3.63, 3.8) is 0 Å². The first-order valence-corrected chi connectivity index (χ1v) is 8.58. The summed E-state index contributed by atoms with van der Waals surface area (Å²) in [6.07, 6.45) is 4.26. The Bertz CT molecular complexity index is 806. The van der Waals surface area contributed by atoms with Crippen molar-refractivity contribution in [2.24, 2.45) is 0 Å². The summed E-state index contributed by atoms with van der Waals surface area (Å²) in [5.41, 5.74) is 2.33. The van der Waals surface area contributed by atoms with Gasteiger partial charge in [0.1, 0.15) is 36.9 Å². The van der Waals surface area contributed by atoms with Crippen molar-refractivity contribution >= 4 is 0 Å². The van der Waals surface area contributed by atoms with E-state index in [0.717, 1.165) is 29.9 Å². The fraction of sp³-hybridized carbons (Fsp3) is 0.300. The molecule has 0 bridgehead atoms. The van der Waals surface area contributed by atoms with Crippen LogP contribution in [0.4, 0.5) is 0 Å². The maximum atomic E-state index is 10.1. The SMILES string of the molecule is COc1cccc(CCc2ccccc2OC[C@@H](O)Cn2cnnc2)c1. The molecule has 0 radical (unpaired) electrons. The summed E-state index contributed by atoms with van der Waals surface area (Å²) in [4.78, 5) is 0. The Morgan fingerprint density at radius 2 is 1.85 bits per heavy atom. The van der Waals surface area contributed by atoms with Gasteiger partial charge < -0.3 is 19.1 Å². The van der Waals surface area contributed by atoms with Crippen LogP contribution in [0.3, 0.4) is 0 Å². The Kier molecular flexibility index (Phi) is 6.22. The third-order valence-corrected chi connectivity index (χ3v) is 4.11. The predicted molar refractivity (Wildman–Crippen MR) is 98.4 cm³/mol. The number of hydrogen-bond acceptors (Lipinski definition) is 5. The van der Waals surface area contributed by atoms with Crippen molar-refractivity contribution in [1.82, 2.24) is 14.8 Å². The van der Waals surface area contributed by atoms with Gasteiger partial charge in [-0.05, 0) is 42.2 Å². The van der Waals surface area contributed by atoms with Crippen LogP contribution in [0.15, 0.2) is 61.2 Å². The molecule has 0 aliphatic rings. The van der Waals surface area contributed by atoms with Crippen molar-refractivity contribution in [3.05, 3.63) is 72.3 Å². The van der Waals surface area contributed by atoms with Crippen molar-refractivity contribution in [1.29, 1.82) is 0 Å². The number of hydrogen-bond donors (Lipinski definition) is 1. The fourth-order valence-corrected chi connectivity index (χ4v) is 2.76. The topological polar surface area (TPSA) is 69.4 Å². The number of rotatable bonds is 9. The Labute approximate surface area is 153 Å². The second-order valence-electron chi connectivity index (χ2n) is 6.08. The fourth-order valence-electron chi connectivity index (χ4n) is 2.76. The zero-order valence-electron chi connectivity index (χ0n) is 14.8. The molecule has 0 saturated heterocycles. The molecule has 0 amide bonds. The van der Waals surface area contributed by atoms with Crippen molar-refractivity contribution in [2.45, 2.75) is 25.5 Å². The van der Waals surface area contributed by atoms with Gasteiger partial charge in [-0.25, -0.2) is 0 Å². The van der Waals surface area contributed by atoms with E-state index in [0.29, 0.717) is 6.54 Å². The Morgan fingerprint density at radius 3 is 2.65 bits per heavy atom. The lowest BCUT2D eigenvalue weighted by molar-refractivity contribution is 0.0919. The zero-order chi connectivity index (χ0) is 18.2. The van der Waals surface area contributed by atoms with Gasteiger partial charge in [0.25, 0.3) is 0 Å². The average Bonchev–Trinajstić information content (AvgIpc) is 3.18. The predicted octanol–water partition coefficient (Wildman–Crippen LogP) is 2.51. The maximum Gasteiger partial charge on any atom is 0.122 e. The number of aliphatic hydroxyl groups is 1. The highest BCUT2D eigenvalue weighted by molar-refractivity contribution is 5.35. The molecular weight excluding hydrogens is 330 g/mol. The Hall–Kier alpha value is -2.86. The Balaban J connectivity index is 1.57. The normalized spacial score (nSPS) is 11.9. The molecular formula is C20H23N3O3. The van der Waals surface area contributed by atoms with Gasteiger partial charge in [0.15, 0.2) is 0 Å². The van der Waals surface area contributed by atoms with E-state index < -0.39 is 6.10 Å². The van der Waals surface area contributed by atoms with E-state index in [9.17, 15) is 5.11 Å². The molecule has 0 aliphatic carbocycles. The largest absolute Gasteiger partial charge is 0.497 e. The summed E-state index contributed by atoms with van der Waals surface area (Å²) in [6, 6.07) is 16.0. The number of aryl methyl sites for hydroxylation is 2. The number of aromatic nitrogens is 3. The molecule has 3 rings (SSSR count). The summed E-state index contributed by atoms with van der Waals surface area (Å²) in [6.45, 7) is 0.618. The van der Waals surface area contributed by atoms with Gasteiger partial charge in [-0.1, -0.05) is 30.3 Å². The highest BCUT2D eigenvalue weighted by Gasteiger charge is 2.09. The molecule has 1 aromatic heterocycles. The van der Waals surface area contributed by atoms with Crippen LogP contribution in [0.2, 0.25) is 0 Å². The first kappa shape index (κ1) is 17.9. The van der Waals surface area contributed by atoms with Crippen molar-refractivity contribution < 1.29 is 14.6 Å². The van der Waals surface area contributed by atoms with E-state index in [-0.39, 0.29) is 6.61 Å². The lowest BCUT2D eigenvalue weighted by Crippen LogP contribution is -2.23. The summed E-state index contributed by atoms with van der Waals surface area (Å²) >= 11 is 0. The van der Waals surface area contributed by atoms with E-state index >= 15 is 0 Å². The van der Waals surface area contributed by atoms with Gasteiger partial charge in [0, 0.05) is 0 Å².